The molecule has 0 saturated heterocycles. The normalized spacial score (nSPS) is 14.1. The molecular weight excluding hydrogens is 230 g/mol. The predicted octanol–water partition coefficient (Wildman–Crippen LogP) is 2.88. The number of hydrogen-bond acceptors (Lipinski definition) is 2. The molecule has 0 saturated carbocycles. The molecule has 0 bridgehead atoms. The maximum absolute atomic E-state index is 11.3. The largest absolute Gasteiger partial charge is 0.312 e. The minimum Gasteiger partial charge on any atom is -0.312 e. The van der Waals surface area contributed by atoms with E-state index < -0.39 is 0 Å². The zero-order valence-electron chi connectivity index (χ0n) is 8.50. The number of anilines is 1. The second-order valence-corrected chi connectivity index (χ2v) is 5.10. The number of hydrogen-bond donors (Lipinski definition) is 0. The summed E-state index contributed by atoms with van der Waals surface area (Å²) in [5.41, 5.74) is 2.31. The average molecular weight is 242 g/mol. The SMILES string of the molecule is CC(=O)N1CCc2cc(SCCl)ccc21. The van der Waals surface area contributed by atoms with Gasteiger partial charge >= 0.3 is 0 Å². The number of thioether (sulfide) groups is 1. The number of halogens is 1. The molecule has 1 aliphatic heterocycles. The molecule has 1 aromatic carbocycles. The maximum atomic E-state index is 11.3. The number of benzene rings is 1. The van der Waals surface area contributed by atoms with Crippen LogP contribution in [-0.2, 0) is 11.2 Å². The van der Waals surface area contributed by atoms with E-state index in [9.17, 15) is 4.79 Å². The number of fused-ring (bicyclic) bond motifs is 1. The van der Waals surface area contributed by atoms with Crippen LogP contribution in [0.3, 0.4) is 0 Å². The lowest BCUT2D eigenvalue weighted by Gasteiger charge is -2.14. The third-order valence-electron chi connectivity index (χ3n) is 2.55. The Hall–Kier alpha value is -0.670. The minimum atomic E-state index is 0.117. The summed E-state index contributed by atoms with van der Waals surface area (Å²) >= 11 is 7.28. The zero-order valence-corrected chi connectivity index (χ0v) is 10.1. The summed E-state index contributed by atoms with van der Waals surface area (Å²) in [4.78, 5) is 14.3. The van der Waals surface area contributed by atoms with Crippen LogP contribution in [0.15, 0.2) is 23.1 Å². The summed E-state index contributed by atoms with van der Waals surface area (Å²) in [6, 6.07) is 6.16. The van der Waals surface area contributed by atoms with Gasteiger partial charge in [-0.1, -0.05) is 0 Å². The molecule has 0 fully saturated rings. The van der Waals surface area contributed by atoms with Crippen molar-refractivity contribution in [3.63, 3.8) is 0 Å². The van der Waals surface area contributed by atoms with Gasteiger partial charge < -0.3 is 4.90 Å². The van der Waals surface area contributed by atoms with Gasteiger partial charge in [-0.05, 0) is 30.2 Å². The van der Waals surface area contributed by atoms with Gasteiger partial charge in [-0.3, -0.25) is 4.79 Å². The van der Waals surface area contributed by atoms with Gasteiger partial charge in [0, 0.05) is 24.1 Å². The monoisotopic (exact) mass is 241 g/mol. The first-order valence-electron chi connectivity index (χ1n) is 4.82. The lowest BCUT2D eigenvalue weighted by Crippen LogP contribution is -2.25. The Morgan fingerprint density at radius 3 is 3.07 bits per heavy atom. The number of nitrogens with zero attached hydrogens (tertiary/aromatic N) is 1. The van der Waals surface area contributed by atoms with E-state index in [1.807, 2.05) is 17.0 Å². The van der Waals surface area contributed by atoms with Crippen LogP contribution in [0.25, 0.3) is 0 Å². The summed E-state index contributed by atoms with van der Waals surface area (Å²) in [7, 11) is 0. The van der Waals surface area contributed by atoms with Crippen LogP contribution in [0.1, 0.15) is 12.5 Å². The van der Waals surface area contributed by atoms with Gasteiger partial charge in [0.1, 0.15) is 0 Å². The van der Waals surface area contributed by atoms with Crippen LogP contribution in [0, 0.1) is 0 Å². The van der Waals surface area contributed by atoms with Crippen LogP contribution >= 0.6 is 23.4 Å². The molecule has 0 unspecified atom stereocenters. The molecule has 4 heteroatoms. The van der Waals surface area contributed by atoms with Crippen LogP contribution in [0.2, 0.25) is 0 Å². The molecule has 1 aliphatic rings. The molecule has 80 valence electrons. The smallest absolute Gasteiger partial charge is 0.223 e. The molecule has 1 amide bonds. The number of alkyl halides is 1. The molecule has 2 rings (SSSR count). The standard InChI is InChI=1S/C11H12ClNOS/c1-8(14)13-5-4-9-6-10(15-7-12)2-3-11(9)13/h2-3,6H,4-5,7H2,1H3. The number of carbonyl (C=O) groups is 1. The molecule has 0 aromatic heterocycles. The molecule has 0 radical (unpaired) electrons. The van der Waals surface area contributed by atoms with E-state index in [4.69, 9.17) is 11.6 Å². The lowest BCUT2D eigenvalue weighted by atomic mass is 10.2. The van der Waals surface area contributed by atoms with Crippen molar-refractivity contribution in [1.82, 2.24) is 0 Å². The molecule has 1 heterocycles. The van der Waals surface area contributed by atoms with Gasteiger partial charge in [-0.2, -0.15) is 0 Å². The summed E-state index contributed by atoms with van der Waals surface area (Å²) in [6.45, 7) is 2.41. The fraction of sp³-hybridized carbons (Fsp3) is 0.364. The first-order chi connectivity index (χ1) is 7.22. The zero-order chi connectivity index (χ0) is 10.8. The first-order valence-corrected chi connectivity index (χ1v) is 6.34. The van der Waals surface area contributed by atoms with E-state index in [-0.39, 0.29) is 5.91 Å². The van der Waals surface area contributed by atoms with Crippen molar-refractivity contribution >= 4 is 35.0 Å². The molecule has 1 aromatic rings. The fourth-order valence-electron chi connectivity index (χ4n) is 1.86. The minimum absolute atomic E-state index is 0.117. The van der Waals surface area contributed by atoms with Crippen molar-refractivity contribution in [1.29, 1.82) is 0 Å². The van der Waals surface area contributed by atoms with E-state index in [0.717, 1.165) is 18.7 Å². The van der Waals surface area contributed by atoms with E-state index >= 15 is 0 Å². The number of carbonyl (C=O) groups excluding carboxylic acids is 1. The van der Waals surface area contributed by atoms with Crippen molar-refractivity contribution in [3.05, 3.63) is 23.8 Å². The number of amides is 1. The Morgan fingerprint density at radius 2 is 2.40 bits per heavy atom. The van der Waals surface area contributed by atoms with Gasteiger partial charge in [0.2, 0.25) is 5.91 Å². The Labute approximate surface area is 98.6 Å². The van der Waals surface area contributed by atoms with Gasteiger partial charge in [-0.15, -0.1) is 23.4 Å². The molecule has 2 nitrogen and oxygen atoms in total. The highest BCUT2D eigenvalue weighted by Gasteiger charge is 2.21. The van der Waals surface area contributed by atoms with Crippen molar-refractivity contribution in [2.75, 3.05) is 16.7 Å². The van der Waals surface area contributed by atoms with Gasteiger partial charge in [-0.25, -0.2) is 0 Å². The van der Waals surface area contributed by atoms with Crippen molar-refractivity contribution in [2.24, 2.45) is 0 Å². The third-order valence-corrected chi connectivity index (χ3v) is 3.57. The molecule has 0 atom stereocenters. The topological polar surface area (TPSA) is 20.3 Å². The van der Waals surface area contributed by atoms with Crippen LogP contribution in [0.5, 0.6) is 0 Å². The molecule has 0 aliphatic carbocycles. The van der Waals surface area contributed by atoms with E-state index in [2.05, 4.69) is 6.07 Å². The summed E-state index contributed by atoms with van der Waals surface area (Å²) in [6.07, 6.45) is 0.950. The van der Waals surface area contributed by atoms with E-state index in [1.54, 1.807) is 18.7 Å². The maximum Gasteiger partial charge on any atom is 0.223 e. The molecule has 15 heavy (non-hydrogen) atoms. The Balaban J connectivity index is 2.29. The Morgan fingerprint density at radius 1 is 1.60 bits per heavy atom. The molecule has 0 N–H and O–H groups in total. The highest BCUT2D eigenvalue weighted by Crippen LogP contribution is 2.32. The van der Waals surface area contributed by atoms with E-state index in [0.29, 0.717) is 5.21 Å². The fourth-order valence-corrected chi connectivity index (χ4v) is 2.75. The highest BCUT2D eigenvalue weighted by molar-refractivity contribution is 8.00. The van der Waals surface area contributed by atoms with Gasteiger partial charge in [0.05, 0.1) is 5.21 Å². The lowest BCUT2D eigenvalue weighted by molar-refractivity contribution is -0.116. The average Bonchev–Trinajstić information content (AvgIpc) is 2.61. The van der Waals surface area contributed by atoms with Crippen molar-refractivity contribution < 1.29 is 4.79 Å². The van der Waals surface area contributed by atoms with Crippen LogP contribution < -0.4 is 4.90 Å². The van der Waals surface area contributed by atoms with Crippen molar-refractivity contribution in [3.8, 4) is 0 Å². The summed E-state index contributed by atoms with van der Waals surface area (Å²) in [5.74, 6) is 0.117. The quantitative estimate of drug-likeness (QED) is 0.586. The van der Waals surface area contributed by atoms with Crippen LogP contribution in [-0.4, -0.2) is 17.7 Å². The molecule has 0 spiro atoms. The van der Waals surface area contributed by atoms with Gasteiger partial charge in [0.15, 0.2) is 0 Å². The summed E-state index contributed by atoms with van der Waals surface area (Å²) < 4.78 is 0. The second-order valence-electron chi connectivity index (χ2n) is 3.46. The first kappa shape index (κ1) is 10.8. The highest BCUT2D eigenvalue weighted by atomic mass is 35.5. The molecular formula is C11H12ClNOS. The van der Waals surface area contributed by atoms with E-state index in [1.165, 1.54) is 10.5 Å². The predicted molar refractivity (Wildman–Crippen MR) is 64.8 cm³/mol. The third kappa shape index (κ3) is 2.13. The second kappa shape index (κ2) is 4.45. The Bertz CT molecular complexity index is 394. The number of rotatable bonds is 2. The van der Waals surface area contributed by atoms with Crippen LogP contribution in [0.4, 0.5) is 5.69 Å². The summed E-state index contributed by atoms with van der Waals surface area (Å²) in [5, 5.41) is 0.565. The van der Waals surface area contributed by atoms with Gasteiger partial charge in [0.25, 0.3) is 0 Å². The van der Waals surface area contributed by atoms with Crippen molar-refractivity contribution in [2.45, 2.75) is 18.2 Å². The Kier molecular flexibility index (Phi) is 3.22.